The van der Waals surface area contributed by atoms with Gasteiger partial charge in [-0.2, -0.15) is 5.10 Å². The number of morpholine rings is 1. The van der Waals surface area contributed by atoms with E-state index in [1.807, 2.05) is 6.92 Å². The molecule has 1 aliphatic rings. The first-order valence-electron chi connectivity index (χ1n) is 7.85. The molecule has 1 saturated heterocycles. The standard InChI is InChI=1S/C16H20ClFN4O/c1-2-15-19-16(21-20-15)14-10-22(8-9-23-14)7-6-11-12(17)4-3-5-13(11)18/h3-5,14H,2,6-10H2,1H3,(H,19,20,21)/t14-/m0/s1. The maximum Gasteiger partial charge on any atom is 0.180 e. The Morgan fingerprint density at radius 2 is 2.35 bits per heavy atom. The summed E-state index contributed by atoms with van der Waals surface area (Å²) in [4.78, 5) is 6.67. The van der Waals surface area contributed by atoms with Crippen LogP contribution in [0.4, 0.5) is 4.39 Å². The Bertz CT molecular complexity index is 643. The monoisotopic (exact) mass is 338 g/mol. The van der Waals surface area contributed by atoms with Crippen molar-refractivity contribution in [3.05, 3.63) is 46.3 Å². The number of aromatic amines is 1. The van der Waals surface area contributed by atoms with Crippen LogP contribution in [0.1, 0.15) is 30.2 Å². The van der Waals surface area contributed by atoms with E-state index in [9.17, 15) is 4.39 Å². The topological polar surface area (TPSA) is 54.0 Å². The van der Waals surface area contributed by atoms with Crippen LogP contribution in [0.25, 0.3) is 0 Å². The van der Waals surface area contributed by atoms with Crippen LogP contribution in [0.5, 0.6) is 0 Å². The van der Waals surface area contributed by atoms with Crippen molar-refractivity contribution in [1.82, 2.24) is 20.1 Å². The van der Waals surface area contributed by atoms with E-state index < -0.39 is 0 Å². The van der Waals surface area contributed by atoms with Gasteiger partial charge in [0, 0.05) is 36.6 Å². The minimum Gasteiger partial charge on any atom is -0.367 e. The zero-order valence-electron chi connectivity index (χ0n) is 13.1. The lowest BCUT2D eigenvalue weighted by atomic mass is 10.1. The molecule has 1 aromatic carbocycles. The molecule has 0 spiro atoms. The van der Waals surface area contributed by atoms with Gasteiger partial charge < -0.3 is 4.74 Å². The van der Waals surface area contributed by atoms with E-state index in [1.165, 1.54) is 6.07 Å². The highest BCUT2D eigenvalue weighted by molar-refractivity contribution is 6.31. The summed E-state index contributed by atoms with van der Waals surface area (Å²) in [5.41, 5.74) is 0.573. The normalized spacial score (nSPS) is 19.2. The molecule has 2 aromatic rings. The number of hydrogen-bond donors (Lipinski definition) is 1. The summed E-state index contributed by atoms with van der Waals surface area (Å²) >= 11 is 6.08. The Labute approximate surface area is 139 Å². The molecule has 0 aliphatic carbocycles. The smallest absolute Gasteiger partial charge is 0.180 e. The fourth-order valence-electron chi connectivity index (χ4n) is 2.72. The lowest BCUT2D eigenvalue weighted by Gasteiger charge is -2.31. The second kappa shape index (κ2) is 7.38. The van der Waals surface area contributed by atoms with E-state index in [-0.39, 0.29) is 11.9 Å². The van der Waals surface area contributed by atoms with Gasteiger partial charge in [0.2, 0.25) is 0 Å². The van der Waals surface area contributed by atoms with Crippen LogP contribution in [-0.4, -0.2) is 46.3 Å². The number of nitrogens with zero attached hydrogens (tertiary/aromatic N) is 3. The third-order valence-corrected chi connectivity index (χ3v) is 4.42. The third-order valence-electron chi connectivity index (χ3n) is 4.06. The fourth-order valence-corrected chi connectivity index (χ4v) is 2.97. The maximum atomic E-state index is 13.8. The van der Waals surface area contributed by atoms with Gasteiger partial charge in [-0.05, 0) is 18.6 Å². The molecule has 2 heterocycles. The quantitative estimate of drug-likeness (QED) is 0.910. The van der Waals surface area contributed by atoms with E-state index in [0.29, 0.717) is 36.0 Å². The summed E-state index contributed by atoms with van der Waals surface area (Å²) in [7, 11) is 0. The molecular weight excluding hydrogens is 319 g/mol. The van der Waals surface area contributed by atoms with E-state index in [4.69, 9.17) is 16.3 Å². The van der Waals surface area contributed by atoms with Gasteiger partial charge in [0.05, 0.1) is 6.61 Å². The molecule has 0 bridgehead atoms. The van der Waals surface area contributed by atoms with Gasteiger partial charge in [0.1, 0.15) is 17.7 Å². The number of halogens is 2. The van der Waals surface area contributed by atoms with Crippen LogP contribution in [-0.2, 0) is 17.6 Å². The molecule has 0 radical (unpaired) electrons. The van der Waals surface area contributed by atoms with Gasteiger partial charge in [-0.25, -0.2) is 9.37 Å². The van der Waals surface area contributed by atoms with Crippen molar-refractivity contribution in [2.24, 2.45) is 0 Å². The zero-order valence-corrected chi connectivity index (χ0v) is 13.8. The van der Waals surface area contributed by atoms with Crippen molar-refractivity contribution in [3.8, 4) is 0 Å². The van der Waals surface area contributed by atoms with Crippen LogP contribution < -0.4 is 0 Å². The van der Waals surface area contributed by atoms with Gasteiger partial charge >= 0.3 is 0 Å². The molecule has 1 N–H and O–H groups in total. The molecular formula is C16H20ClFN4O. The summed E-state index contributed by atoms with van der Waals surface area (Å²) in [6.45, 7) is 4.88. The first-order valence-corrected chi connectivity index (χ1v) is 8.23. The molecule has 5 nitrogen and oxygen atoms in total. The number of benzene rings is 1. The van der Waals surface area contributed by atoms with Gasteiger partial charge in [-0.1, -0.05) is 24.6 Å². The lowest BCUT2D eigenvalue weighted by Crippen LogP contribution is -2.39. The SMILES string of the molecule is CCc1nc([C@@H]2CN(CCc3c(F)cccc3Cl)CCO2)n[nH]1. The summed E-state index contributed by atoms with van der Waals surface area (Å²) in [6, 6.07) is 4.80. The number of aromatic nitrogens is 3. The molecule has 7 heteroatoms. The summed E-state index contributed by atoms with van der Waals surface area (Å²) in [6.07, 6.45) is 1.25. The Morgan fingerprint density at radius 3 is 3.09 bits per heavy atom. The van der Waals surface area contributed by atoms with Crippen molar-refractivity contribution in [3.63, 3.8) is 0 Å². The van der Waals surface area contributed by atoms with Crippen molar-refractivity contribution in [2.75, 3.05) is 26.2 Å². The number of hydrogen-bond acceptors (Lipinski definition) is 4. The Kier molecular flexibility index (Phi) is 5.25. The summed E-state index contributed by atoms with van der Waals surface area (Å²) < 4.78 is 19.6. The Hall–Kier alpha value is -1.50. The lowest BCUT2D eigenvalue weighted by molar-refractivity contribution is -0.0338. The number of nitrogens with one attached hydrogen (secondary N) is 1. The van der Waals surface area contributed by atoms with Crippen LogP contribution in [0, 0.1) is 5.82 Å². The first kappa shape index (κ1) is 16.4. The highest BCUT2D eigenvalue weighted by atomic mass is 35.5. The third kappa shape index (κ3) is 3.88. The Morgan fingerprint density at radius 1 is 1.48 bits per heavy atom. The van der Waals surface area contributed by atoms with E-state index >= 15 is 0 Å². The van der Waals surface area contributed by atoms with Crippen LogP contribution in [0.15, 0.2) is 18.2 Å². The summed E-state index contributed by atoms with van der Waals surface area (Å²) in [5.74, 6) is 1.30. The largest absolute Gasteiger partial charge is 0.367 e. The van der Waals surface area contributed by atoms with E-state index in [1.54, 1.807) is 12.1 Å². The second-order valence-corrected chi connectivity index (χ2v) is 6.01. The molecule has 0 saturated carbocycles. The van der Waals surface area contributed by atoms with Crippen molar-refractivity contribution >= 4 is 11.6 Å². The molecule has 1 fully saturated rings. The summed E-state index contributed by atoms with van der Waals surface area (Å²) in [5, 5.41) is 7.62. The predicted octanol–water partition coefficient (Wildman–Crippen LogP) is 2.78. The molecule has 0 unspecified atom stereocenters. The van der Waals surface area contributed by atoms with Crippen molar-refractivity contribution in [1.29, 1.82) is 0 Å². The highest BCUT2D eigenvalue weighted by Gasteiger charge is 2.25. The zero-order chi connectivity index (χ0) is 16.2. The molecule has 1 aromatic heterocycles. The Balaban J connectivity index is 1.60. The van der Waals surface area contributed by atoms with Crippen LogP contribution in [0.3, 0.4) is 0 Å². The van der Waals surface area contributed by atoms with Crippen molar-refractivity contribution < 1.29 is 9.13 Å². The molecule has 1 atom stereocenters. The predicted molar refractivity (Wildman–Crippen MR) is 86.0 cm³/mol. The number of H-pyrrole nitrogens is 1. The first-order chi connectivity index (χ1) is 11.2. The average molecular weight is 339 g/mol. The minimum atomic E-state index is -0.246. The minimum absolute atomic E-state index is 0.142. The second-order valence-electron chi connectivity index (χ2n) is 5.60. The van der Waals surface area contributed by atoms with Crippen molar-refractivity contribution in [2.45, 2.75) is 25.9 Å². The number of rotatable bonds is 5. The average Bonchev–Trinajstić information content (AvgIpc) is 3.04. The van der Waals surface area contributed by atoms with E-state index in [2.05, 4.69) is 20.1 Å². The number of aryl methyl sites for hydroxylation is 1. The molecule has 23 heavy (non-hydrogen) atoms. The molecule has 0 amide bonds. The van der Waals surface area contributed by atoms with Gasteiger partial charge in [0.25, 0.3) is 0 Å². The van der Waals surface area contributed by atoms with Gasteiger partial charge in [-0.15, -0.1) is 0 Å². The number of ether oxygens (including phenoxy) is 1. The fraction of sp³-hybridized carbons (Fsp3) is 0.500. The van der Waals surface area contributed by atoms with E-state index in [0.717, 1.165) is 25.3 Å². The van der Waals surface area contributed by atoms with Gasteiger partial charge in [0.15, 0.2) is 5.82 Å². The van der Waals surface area contributed by atoms with Crippen LogP contribution >= 0.6 is 11.6 Å². The highest BCUT2D eigenvalue weighted by Crippen LogP contribution is 2.22. The van der Waals surface area contributed by atoms with Gasteiger partial charge in [-0.3, -0.25) is 10.00 Å². The maximum absolute atomic E-state index is 13.8. The van der Waals surface area contributed by atoms with Crippen LogP contribution in [0.2, 0.25) is 5.02 Å². The molecule has 3 rings (SSSR count). The molecule has 124 valence electrons. The molecule has 1 aliphatic heterocycles.